The molecule has 0 aliphatic heterocycles. The zero-order chi connectivity index (χ0) is 10.3. The van der Waals surface area contributed by atoms with E-state index in [0.717, 1.165) is 12.1 Å². The van der Waals surface area contributed by atoms with E-state index < -0.39 is 0 Å². The van der Waals surface area contributed by atoms with Crippen LogP contribution < -0.4 is 0 Å². The topological polar surface area (TPSA) is 17.3 Å². The van der Waals surface area contributed by atoms with Gasteiger partial charge in [-0.1, -0.05) is 6.92 Å². The maximum atomic E-state index is 4.72. The van der Waals surface area contributed by atoms with Crippen molar-refractivity contribution in [3.8, 4) is 0 Å². The monoisotopic (exact) mass is 200 g/mol. The fourth-order valence-electron chi connectivity index (χ4n) is 2.46. The molecule has 1 aliphatic carbocycles. The standard InChI is InChI=1S/C13H16N2/c1-2-10-7-8-15-12-6-4-3-5-11(12)14-13(15)9-10/h7-9H,2-6H2,1H3. The predicted octanol–water partition coefficient (Wildman–Crippen LogP) is 2.78. The maximum absolute atomic E-state index is 4.72. The van der Waals surface area contributed by atoms with Gasteiger partial charge in [-0.3, -0.25) is 0 Å². The van der Waals surface area contributed by atoms with Crippen molar-refractivity contribution in [2.45, 2.75) is 39.0 Å². The van der Waals surface area contributed by atoms with Gasteiger partial charge in [0.1, 0.15) is 5.65 Å². The second kappa shape index (κ2) is 3.37. The summed E-state index contributed by atoms with van der Waals surface area (Å²) in [5.41, 5.74) is 5.29. The molecule has 3 rings (SSSR count). The average Bonchev–Trinajstić information content (AvgIpc) is 2.66. The van der Waals surface area contributed by atoms with Crippen molar-refractivity contribution in [2.24, 2.45) is 0 Å². The summed E-state index contributed by atoms with van der Waals surface area (Å²) in [5, 5.41) is 0. The molecule has 2 aromatic heterocycles. The molecule has 0 atom stereocenters. The van der Waals surface area contributed by atoms with E-state index in [2.05, 4.69) is 29.7 Å². The van der Waals surface area contributed by atoms with Crippen LogP contribution in [0, 0.1) is 0 Å². The molecule has 2 nitrogen and oxygen atoms in total. The molecule has 1 aliphatic rings. The molecular weight excluding hydrogens is 184 g/mol. The normalized spacial score (nSPS) is 15.5. The van der Waals surface area contributed by atoms with Gasteiger partial charge in [0, 0.05) is 11.9 Å². The van der Waals surface area contributed by atoms with Crippen LogP contribution in [-0.2, 0) is 19.3 Å². The van der Waals surface area contributed by atoms with Gasteiger partial charge in [0.15, 0.2) is 0 Å². The minimum Gasteiger partial charge on any atom is -0.304 e. The van der Waals surface area contributed by atoms with Crippen molar-refractivity contribution in [3.05, 3.63) is 35.3 Å². The molecule has 0 fully saturated rings. The van der Waals surface area contributed by atoms with Crippen LogP contribution in [0.4, 0.5) is 0 Å². The van der Waals surface area contributed by atoms with Crippen LogP contribution in [-0.4, -0.2) is 9.38 Å². The lowest BCUT2D eigenvalue weighted by Gasteiger charge is -2.09. The van der Waals surface area contributed by atoms with E-state index in [1.54, 1.807) is 0 Å². The van der Waals surface area contributed by atoms with Crippen molar-refractivity contribution < 1.29 is 0 Å². The summed E-state index contributed by atoms with van der Waals surface area (Å²) in [6.45, 7) is 2.19. The molecule has 0 saturated carbocycles. The number of imidazole rings is 1. The molecule has 2 heteroatoms. The Morgan fingerprint density at radius 1 is 1.33 bits per heavy atom. The first kappa shape index (κ1) is 8.96. The maximum Gasteiger partial charge on any atom is 0.137 e. The van der Waals surface area contributed by atoms with Crippen LogP contribution in [0.1, 0.15) is 36.7 Å². The third kappa shape index (κ3) is 1.36. The predicted molar refractivity (Wildman–Crippen MR) is 61.2 cm³/mol. The van der Waals surface area contributed by atoms with Gasteiger partial charge in [-0.25, -0.2) is 4.98 Å². The zero-order valence-electron chi connectivity index (χ0n) is 9.16. The number of rotatable bonds is 1. The molecule has 0 radical (unpaired) electrons. The highest BCUT2D eigenvalue weighted by Gasteiger charge is 2.15. The highest BCUT2D eigenvalue weighted by Crippen LogP contribution is 2.22. The first-order valence-electron chi connectivity index (χ1n) is 5.87. The van der Waals surface area contributed by atoms with E-state index in [1.807, 2.05) is 0 Å². The first-order valence-corrected chi connectivity index (χ1v) is 5.87. The quantitative estimate of drug-likeness (QED) is 0.692. The lowest BCUT2D eigenvalue weighted by molar-refractivity contribution is 0.660. The van der Waals surface area contributed by atoms with Gasteiger partial charge >= 0.3 is 0 Å². The van der Waals surface area contributed by atoms with E-state index in [-0.39, 0.29) is 0 Å². The lowest BCUT2D eigenvalue weighted by atomic mass is 10.0. The fourth-order valence-corrected chi connectivity index (χ4v) is 2.46. The molecule has 0 unspecified atom stereocenters. The number of hydrogen-bond acceptors (Lipinski definition) is 1. The molecule has 2 aromatic rings. The van der Waals surface area contributed by atoms with Gasteiger partial charge in [-0.2, -0.15) is 0 Å². The Kier molecular flexibility index (Phi) is 2.01. The summed E-state index contributed by atoms with van der Waals surface area (Å²) in [5.74, 6) is 0. The number of pyridine rings is 1. The van der Waals surface area contributed by atoms with Crippen LogP contribution in [0.5, 0.6) is 0 Å². The molecule has 0 saturated heterocycles. The molecule has 78 valence electrons. The lowest BCUT2D eigenvalue weighted by Crippen LogP contribution is -2.03. The summed E-state index contributed by atoms with van der Waals surface area (Å²) in [7, 11) is 0. The van der Waals surface area contributed by atoms with Gasteiger partial charge in [0.25, 0.3) is 0 Å². The van der Waals surface area contributed by atoms with Gasteiger partial charge in [0.05, 0.1) is 5.69 Å². The molecule has 15 heavy (non-hydrogen) atoms. The third-order valence-electron chi connectivity index (χ3n) is 3.36. The van der Waals surface area contributed by atoms with E-state index in [1.165, 1.54) is 42.6 Å². The summed E-state index contributed by atoms with van der Waals surface area (Å²) in [6, 6.07) is 4.43. The number of aromatic nitrogens is 2. The van der Waals surface area contributed by atoms with E-state index in [4.69, 9.17) is 4.98 Å². The van der Waals surface area contributed by atoms with Gasteiger partial charge in [-0.05, 0) is 49.8 Å². The summed E-state index contributed by atoms with van der Waals surface area (Å²) in [6.07, 6.45) is 8.26. The molecule has 0 N–H and O–H groups in total. The summed E-state index contributed by atoms with van der Waals surface area (Å²) < 4.78 is 2.27. The van der Waals surface area contributed by atoms with Gasteiger partial charge in [0.2, 0.25) is 0 Å². The largest absolute Gasteiger partial charge is 0.304 e. The Morgan fingerprint density at radius 3 is 3.07 bits per heavy atom. The molecular formula is C13H16N2. The van der Waals surface area contributed by atoms with Gasteiger partial charge < -0.3 is 4.40 Å². The van der Waals surface area contributed by atoms with Crippen LogP contribution in [0.25, 0.3) is 5.65 Å². The second-order valence-electron chi connectivity index (χ2n) is 4.33. The van der Waals surface area contributed by atoms with Crippen molar-refractivity contribution >= 4 is 5.65 Å². The number of aryl methyl sites for hydroxylation is 3. The molecule has 0 aromatic carbocycles. The van der Waals surface area contributed by atoms with Gasteiger partial charge in [-0.15, -0.1) is 0 Å². The summed E-state index contributed by atoms with van der Waals surface area (Å²) in [4.78, 5) is 4.72. The first-order chi connectivity index (χ1) is 7.38. The Morgan fingerprint density at radius 2 is 2.20 bits per heavy atom. The third-order valence-corrected chi connectivity index (χ3v) is 3.36. The average molecular weight is 200 g/mol. The number of nitrogens with zero attached hydrogens (tertiary/aromatic N) is 2. The highest BCUT2D eigenvalue weighted by atomic mass is 15.0. The molecule has 0 amide bonds. The number of hydrogen-bond donors (Lipinski definition) is 0. The highest BCUT2D eigenvalue weighted by molar-refractivity contribution is 5.46. The Balaban J connectivity index is 2.22. The minimum absolute atomic E-state index is 1.09. The smallest absolute Gasteiger partial charge is 0.137 e. The van der Waals surface area contributed by atoms with Crippen molar-refractivity contribution in [2.75, 3.05) is 0 Å². The van der Waals surface area contributed by atoms with Crippen LogP contribution in [0.15, 0.2) is 18.3 Å². The van der Waals surface area contributed by atoms with Crippen molar-refractivity contribution in [1.82, 2.24) is 9.38 Å². The Hall–Kier alpha value is -1.31. The van der Waals surface area contributed by atoms with E-state index in [0.29, 0.717) is 0 Å². The molecule has 2 heterocycles. The van der Waals surface area contributed by atoms with Crippen LogP contribution in [0.3, 0.4) is 0 Å². The fraction of sp³-hybridized carbons (Fsp3) is 0.462. The minimum atomic E-state index is 1.09. The van der Waals surface area contributed by atoms with E-state index in [9.17, 15) is 0 Å². The molecule has 0 spiro atoms. The van der Waals surface area contributed by atoms with Crippen molar-refractivity contribution in [1.29, 1.82) is 0 Å². The van der Waals surface area contributed by atoms with Crippen molar-refractivity contribution in [3.63, 3.8) is 0 Å². The van der Waals surface area contributed by atoms with Crippen LogP contribution >= 0.6 is 0 Å². The second-order valence-corrected chi connectivity index (χ2v) is 4.33. The van der Waals surface area contributed by atoms with Crippen LogP contribution in [0.2, 0.25) is 0 Å². The molecule has 0 bridgehead atoms. The SMILES string of the molecule is CCc1ccn2c3c(nc2c1)CCCC3. The summed E-state index contributed by atoms with van der Waals surface area (Å²) >= 11 is 0. The zero-order valence-corrected chi connectivity index (χ0v) is 9.16. The Labute approximate surface area is 90.0 Å². The Bertz CT molecular complexity index is 496. The van der Waals surface area contributed by atoms with E-state index >= 15 is 0 Å². The number of fused-ring (bicyclic) bond motifs is 3.